The summed E-state index contributed by atoms with van der Waals surface area (Å²) in [5.74, 6) is 6.18. The zero-order valence-electron chi connectivity index (χ0n) is 9.32. The highest BCUT2D eigenvalue weighted by Gasteiger charge is 2.26. The predicted octanol–water partition coefficient (Wildman–Crippen LogP) is 2.57. The summed E-state index contributed by atoms with van der Waals surface area (Å²) in [5, 5.41) is 0. The van der Waals surface area contributed by atoms with E-state index in [4.69, 9.17) is 4.79 Å². The molecule has 0 aliphatic heterocycles. The van der Waals surface area contributed by atoms with E-state index in [2.05, 4.69) is 53.0 Å². The molecule has 0 atom stereocenters. The van der Waals surface area contributed by atoms with Gasteiger partial charge in [0.25, 0.3) is 0 Å². The molecule has 1 aliphatic carbocycles. The summed E-state index contributed by atoms with van der Waals surface area (Å²) >= 11 is 3.50. The van der Waals surface area contributed by atoms with Crippen molar-refractivity contribution in [3.8, 4) is 0 Å². The molecule has 0 bridgehead atoms. The first kappa shape index (κ1) is 13.2. The van der Waals surface area contributed by atoms with E-state index in [1.807, 2.05) is 0 Å². The minimum Gasteiger partial charge on any atom is -0.297 e. The Morgan fingerprint density at radius 2 is 2.12 bits per heavy atom. The lowest BCUT2D eigenvalue weighted by Gasteiger charge is -2.33. The first-order valence-electron chi connectivity index (χ1n) is 5.32. The Bertz CT molecular complexity index is 338. The molecule has 4 heteroatoms. The van der Waals surface area contributed by atoms with Gasteiger partial charge in [0.2, 0.25) is 6.41 Å². The van der Waals surface area contributed by atoms with Gasteiger partial charge in [-0.25, -0.2) is 5.84 Å². The number of benzene rings is 1. The summed E-state index contributed by atoms with van der Waals surface area (Å²) in [6.45, 7) is 2.33. The molecule has 1 saturated carbocycles. The van der Waals surface area contributed by atoms with Crippen molar-refractivity contribution in [1.29, 1.82) is 0 Å². The van der Waals surface area contributed by atoms with Crippen molar-refractivity contribution in [3.63, 3.8) is 0 Å². The van der Waals surface area contributed by atoms with Gasteiger partial charge in [-0.1, -0.05) is 35.0 Å². The van der Waals surface area contributed by atoms with Crippen molar-refractivity contribution in [2.24, 2.45) is 11.8 Å². The van der Waals surface area contributed by atoms with Crippen molar-refractivity contribution in [3.05, 3.63) is 34.3 Å². The fraction of sp³-hybridized carbons (Fsp3) is 0.417. The molecule has 88 valence electrons. The van der Waals surface area contributed by atoms with Gasteiger partial charge < -0.3 is 0 Å². The summed E-state index contributed by atoms with van der Waals surface area (Å²) in [6, 6.07) is 8.70. The number of carbonyl (C=O) groups is 1. The van der Waals surface area contributed by atoms with Gasteiger partial charge in [-0.15, -0.1) is 0 Å². The summed E-state index contributed by atoms with van der Waals surface area (Å²) in [6.07, 6.45) is 3.15. The molecule has 2 rings (SSSR count). The van der Waals surface area contributed by atoms with Crippen LogP contribution in [0.3, 0.4) is 0 Å². The fourth-order valence-corrected chi connectivity index (χ4v) is 2.35. The second-order valence-electron chi connectivity index (χ2n) is 4.11. The second-order valence-corrected chi connectivity index (χ2v) is 5.03. The van der Waals surface area contributed by atoms with Crippen LogP contribution in [0, 0.1) is 5.92 Å². The lowest BCUT2D eigenvalue weighted by molar-refractivity contribution is -0.109. The maximum atomic E-state index is 8.94. The molecule has 3 nitrogen and oxygen atoms in total. The van der Waals surface area contributed by atoms with E-state index in [1.165, 1.54) is 22.9 Å². The third-order valence-electron chi connectivity index (χ3n) is 2.76. The Morgan fingerprint density at radius 1 is 1.50 bits per heavy atom. The number of amides is 1. The largest absolute Gasteiger partial charge is 0.297 e. The molecule has 1 amide bonds. The summed E-state index contributed by atoms with van der Waals surface area (Å²) in [4.78, 5) is 8.94. The number of carbonyl (C=O) groups excluding carboxylic acids is 1. The van der Waals surface area contributed by atoms with Crippen molar-refractivity contribution in [2.75, 3.05) is 0 Å². The molecular weight excluding hydrogens is 268 g/mol. The minimum atomic E-state index is 0.403. The van der Waals surface area contributed by atoms with E-state index in [-0.39, 0.29) is 0 Å². The van der Waals surface area contributed by atoms with Gasteiger partial charge >= 0.3 is 0 Å². The molecule has 1 aromatic rings. The summed E-state index contributed by atoms with van der Waals surface area (Å²) in [7, 11) is 0. The van der Waals surface area contributed by atoms with Gasteiger partial charge in [0, 0.05) is 4.47 Å². The maximum absolute atomic E-state index is 8.94. The SMILES string of the molecule is CC1CC(c2cccc(Br)c2)C1.NNC=O. The van der Waals surface area contributed by atoms with Gasteiger partial charge in [0.15, 0.2) is 0 Å². The van der Waals surface area contributed by atoms with Crippen LogP contribution in [0.15, 0.2) is 28.7 Å². The van der Waals surface area contributed by atoms with Crippen LogP contribution in [0.1, 0.15) is 31.2 Å². The molecule has 1 aromatic carbocycles. The second kappa shape index (κ2) is 6.66. The maximum Gasteiger partial charge on any atom is 0.221 e. The third kappa shape index (κ3) is 3.94. The molecular formula is C12H17BrN2O. The minimum absolute atomic E-state index is 0.403. The number of hydrogen-bond donors (Lipinski definition) is 2. The van der Waals surface area contributed by atoms with E-state index in [1.54, 1.807) is 5.43 Å². The van der Waals surface area contributed by atoms with Crippen LogP contribution in [-0.2, 0) is 4.79 Å². The third-order valence-corrected chi connectivity index (χ3v) is 3.26. The highest BCUT2D eigenvalue weighted by molar-refractivity contribution is 9.10. The average molecular weight is 285 g/mol. The number of halogens is 1. The number of hydrogen-bond acceptors (Lipinski definition) is 2. The predicted molar refractivity (Wildman–Crippen MR) is 68.7 cm³/mol. The lowest BCUT2D eigenvalue weighted by Crippen LogP contribution is -2.18. The summed E-state index contributed by atoms with van der Waals surface area (Å²) in [5.41, 5.74) is 3.25. The Balaban J connectivity index is 0.000000280. The topological polar surface area (TPSA) is 55.1 Å². The van der Waals surface area contributed by atoms with Crippen LogP contribution in [0.5, 0.6) is 0 Å². The van der Waals surface area contributed by atoms with Crippen LogP contribution < -0.4 is 11.3 Å². The van der Waals surface area contributed by atoms with E-state index >= 15 is 0 Å². The molecule has 1 fully saturated rings. The van der Waals surface area contributed by atoms with Gasteiger partial charge in [0.1, 0.15) is 0 Å². The monoisotopic (exact) mass is 284 g/mol. The lowest BCUT2D eigenvalue weighted by atomic mass is 9.72. The van der Waals surface area contributed by atoms with Crippen LogP contribution in [-0.4, -0.2) is 6.41 Å². The van der Waals surface area contributed by atoms with Crippen molar-refractivity contribution >= 4 is 22.3 Å². The molecule has 1 aliphatic rings. The number of nitrogens with one attached hydrogen (secondary N) is 1. The Morgan fingerprint density at radius 3 is 2.56 bits per heavy atom. The van der Waals surface area contributed by atoms with E-state index < -0.39 is 0 Å². The number of rotatable bonds is 2. The quantitative estimate of drug-likeness (QED) is 0.380. The van der Waals surface area contributed by atoms with Crippen molar-refractivity contribution in [1.82, 2.24) is 5.43 Å². The van der Waals surface area contributed by atoms with E-state index in [9.17, 15) is 0 Å². The molecule has 3 N–H and O–H groups in total. The van der Waals surface area contributed by atoms with Gasteiger partial charge in [-0.3, -0.25) is 10.2 Å². The Hall–Kier alpha value is -0.870. The number of hydrazine groups is 1. The summed E-state index contributed by atoms with van der Waals surface area (Å²) < 4.78 is 1.21. The van der Waals surface area contributed by atoms with Crippen LogP contribution >= 0.6 is 15.9 Å². The Kier molecular flexibility index (Phi) is 5.49. The highest BCUT2D eigenvalue weighted by Crippen LogP contribution is 2.41. The molecule has 0 unspecified atom stereocenters. The van der Waals surface area contributed by atoms with E-state index in [0.717, 1.165) is 11.8 Å². The molecule has 0 radical (unpaired) electrons. The first-order chi connectivity index (χ1) is 7.67. The van der Waals surface area contributed by atoms with Crippen LogP contribution in [0.2, 0.25) is 0 Å². The zero-order valence-corrected chi connectivity index (χ0v) is 10.9. The van der Waals surface area contributed by atoms with E-state index in [0.29, 0.717) is 6.41 Å². The standard InChI is InChI=1S/C11H13Br.CH4N2O/c1-8-5-10(6-8)9-3-2-4-11(12)7-9;2-3-1-4/h2-4,7-8,10H,5-6H2,1H3;1H,2H2,(H,3,4). The van der Waals surface area contributed by atoms with Crippen molar-refractivity contribution in [2.45, 2.75) is 25.7 Å². The zero-order chi connectivity index (χ0) is 12.0. The molecule has 0 heterocycles. The van der Waals surface area contributed by atoms with Gasteiger partial charge in [0.05, 0.1) is 0 Å². The van der Waals surface area contributed by atoms with Crippen molar-refractivity contribution < 1.29 is 4.79 Å². The van der Waals surface area contributed by atoms with Gasteiger partial charge in [-0.2, -0.15) is 0 Å². The number of nitrogens with two attached hydrogens (primary N) is 1. The fourth-order valence-electron chi connectivity index (χ4n) is 1.94. The molecule has 0 saturated heterocycles. The van der Waals surface area contributed by atoms with Gasteiger partial charge in [-0.05, 0) is 42.4 Å². The normalized spacial score (nSPS) is 22.4. The smallest absolute Gasteiger partial charge is 0.221 e. The molecule has 0 spiro atoms. The van der Waals surface area contributed by atoms with Crippen LogP contribution in [0.25, 0.3) is 0 Å². The first-order valence-corrected chi connectivity index (χ1v) is 6.12. The average Bonchev–Trinajstić information content (AvgIpc) is 2.25. The Labute approximate surface area is 105 Å². The highest BCUT2D eigenvalue weighted by atomic mass is 79.9. The van der Waals surface area contributed by atoms with Crippen LogP contribution in [0.4, 0.5) is 0 Å². The molecule has 0 aromatic heterocycles. The molecule has 16 heavy (non-hydrogen) atoms.